The van der Waals surface area contributed by atoms with E-state index >= 15 is 0 Å². The second kappa shape index (κ2) is 6.99. The second-order valence-electron chi connectivity index (χ2n) is 5.03. The maximum absolute atomic E-state index is 5.32. The first-order valence-corrected chi connectivity index (χ1v) is 7.72. The zero-order valence-corrected chi connectivity index (χ0v) is 13.7. The Kier molecular flexibility index (Phi) is 5.31. The largest absolute Gasteiger partial charge is 0.339 e. The molecule has 4 nitrogen and oxygen atoms in total. The summed E-state index contributed by atoms with van der Waals surface area (Å²) in [5, 5.41) is 7.47. The van der Waals surface area contributed by atoms with Gasteiger partial charge in [-0.1, -0.05) is 40.1 Å². The second-order valence-corrected chi connectivity index (χ2v) is 5.89. The van der Waals surface area contributed by atoms with Crippen LogP contribution in [-0.4, -0.2) is 22.7 Å². The van der Waals surface area contributed by atoms with Crippen LogP contribution in [0, 0.1) is 6.92 Å². The molecular formula is C15H20BrN3O. The Bertz CT molecular complexity index is 568. The summed E-state index contributed by atoms with van der Waals surface area (Å²) >= 11 is 3.52. The smallest absolute Gasteiger partial charge is 0.228 e. The number of nitrogens with one attached hydrogen (secondary N) is 1. The molecule has 0 aliphatic carbocycles. The molecule has 0 aliphatic rings. The fourth-order valence-electron chi connectivity index (χ4n) is 1.91. The van der Waals surface area contributed by atoms with Gasteiger partial charge in [-0.05, 0) is 38.4 Å². The van der Waals surface area contributed by atoms with E-state index < -0.39 is 0 Å². The van der Waals surface area contributed by atoms with Gasteiger partial charge in [0.25, 0.3) is 0 Å². The zero-order valence-electron chi connectivity index (χ0n) is 12.1. The van der Waals surface area contributed by atoms with E-state index in [9.17, 15) is 0 Å². The third-order valence-corrected chi connectivity index (χ3v) is 3.98. The fourth-order valence-corrected chi connectivity index (χ4v) is 2.29. The third kappa shape index (κ3) is 3.90. The summed E-state index contributed by atoms with van der Waals surface area (Å²) in [4.78, 5) is 4.46. The lowest BCUT2D eigenvalue weighted by Gasteiger charge is -2.09. The fraction of sp³-hybridized carbons (Fsp3) is 0.467. The highest BCUT2D eigenvalue weighted by Crippen LogP contribution is 2.23. The van der Waals surface area contributed by atoms with Crippen LogP contribution in [0.4, 0.5) is 0 Å². The third-order valence-electron chi connectivity index (χ3n) is 3.12. The van der Waals surface area contributed by atoms with Gasteiger partial charge in [0.15, 0.2) is 0 Å². The van der Waals surface area contributed by atoms with Crippen LogP contribution in [0.1, 0.15) is 31.7 Å². The average Bonchev–Trinajstić information content (AvgIpc) is 2.88. The number of hydrogen-bond acceptors (Lipinski definition) is 4. The summed E-state index contributed by atoms with van der Waals surface area (Å²) in [6.45, 7) is 7.34. The van der Waals surface area contributed by atoms with E-state index in [1.165, 1.54) is 5.56 Å². The Morgan fingerprint density at radius 2 is 2.20 bits per heavy atom. The van der Waals surface area contributed by atoms with Crippen molar-refractivity contribution >= 4 is 15.9 Å². The van der Waals surface area contributed by atoms with Gasteiger partial charge in [0.2, 0.25) is 11.7 Å². The van der Waals surface area contributed by atoms with Gasteiger partial charge in [-0.2, -0.15) is 4.98 Å². The van der Waals surface area contributed by atoms with Crippen LogP contribution in [0.3, 0.4) is 0 Å². The van der Waals surface area contributed by atoms with Crippen LogP contribution in [0.25, 0.3) is 11.4 Å². The quantitative estimate of drug-likeness (QED) is 0.872. The van der Waals surface area contributed by atoms with Crippen molar-refractivity contribution in [1.29, 1.82) is 0 Å². The molecule has 1 N–H and O–H groups in total. The van der Waals surface area contributed by atoms with E-state index in [-0.39, 0.29) is 0 Å². The van der Waals surface area contributed by atoms with E-state index in [0.29, 0.717) is 17.8 Å². The van der Waals surface area contributed by atoms with Gasteiger partial charge < -0.3 is 9.84 Å². The number of aromatic nitrogens is 2. The van der Waals surface area contributed by atoms with Crippen LogP contribution in [0.15, 0.2) is 27.2 Å². The van der Waals surface area contributed by atoms with Crippen molar-refractivity contribution in [2.45, 2.75) is 39.7 Å². The van der Waals surface area contributed by atoms with Crippen molar-refractivity contribution in [3.05, 3.63) is 34.1 Å². The van der Waals surface area contributed by atoms with E-state index in [1.807, 2.05) is 18.2 Å². The highest BCUT2D eigenvalue weighted by Gasteiger charge is 2.12. The topological polar surface area (TPSA) is 51.0 Å². The maximum Gasteiger partial charge on any atom is 0.228 e. The standard InChI is InChI=1S/C15H20BrN3O/c1-4-7-17-11(3)8-14-18-15(19-20-14)12-6-5-10(2)13(16)9-12/h5-6,9,11,17H,4,7-8H2,1-3H3. The Morgan fingerprint density at radius 3 is 2.90 bits per heavy atom. The molecule has 0 saturated heterocycles. The van der Waals surface area contributed by atoms with Crippen LogP contribution in [-0.2, 0) is 6.42 Å². The summed E-state index contributed by atoms with van der Waals surface area (Å²) < 4.78 is 6.38. The lowest BCUT2D eigenvalue weighted by atomic mass is 10.1. The summed E-state index contributed by atoms with van der Waals surface area (Å²) in [6, 6.07) is 6.41. The molecule has 1 atom stereocenters. The zero-order chi connectivity index (χ0) is 14.5. The lowest BCUT2D eigenvalue weighted by molar-refractivity contribution is 0.362. The molecule has 0 spiro atoms. The molecule has 0 saturated carbocycles. The molecule has 0 bridgehead atoms. The molecule has 2 rings (SSSR count). The first-order chi connectivity index (χ1) is 9.60. The Balaban J connectivity index is 2.06. The van der Waals surface area contributed by atoms with E-state index in [2.05, 4.69) is 52.2 Å². The summed E-state index contributed by atoms with van der Waals surface area (Å²) in [6.07, 6.45) is 1.87. The number of benzene rings is 1. The minimum Gasteiger partial charge on any atom is -0.339 e. The Labute approximate surface area is 128 Å². The predicted octanol–water partition coefficient (Wildman–Crippen LogP) is 3.74. The number of nitrogens with zero attached hydrogens (tertiary/aromatic N) is 2. The van der Waals surface area contributed by atoms with Gasteiger partial charge in [-0.3, -0.25) is 0 Å². The Hall–Kier alpha value is -1.20. The van der Waals surface area contributed by atoms with Crippen LogP contribution in [0.5, 0.6) is 0 Å². The van der Waals surface area contributed by atoms with Gasteiger partial charge in [-0.25, -0.2) is 0 Å². The highest BCUT2D eigenvalue weighted by molar-refractivity contribution is 9.10. The number of halogens is 1. The minimum absolute atomic E-state index is 0.341. The molecule has 0 aliphatic heterocycles. The van der Waals surface area contributed by atoms with Gasteiger partial charge in [0.1, 0.15) is 0 Å². The Morgan fingerprint density at radius 1 is 1.40 bits per heavy atom. The van der Waals surface area contributed by atoms with Crippen molar-refractivity contribution in [2.24, 2.45) is 0 Å². The molecule has 0 amide bonds. The summed E-state index contributed by atoms with van der Waals surface area (Å²) in [7, 11) is 0. The van der Waals surface area contributed by atoms with Crippen molar-refractivity contribution in [3.8, 4) is 11.4 Å². The van der Waals surface area contributed by atoms with Gasteiger partial charge in [0, 0.05) is 22.5 Å². The van der Waals surface area contributed by atoms with Crippen molar-refractivity contribution in [2.75, 3.05) is 6.54 Å². The van der Waals surface area contributed by atoms with Crippen LogP contribution >= 0.6 is 15.9 Å². The van der Waals surface area contributed by atoms with E-state index in [0.717, 1.165) is 29.4 Å². The molecule has 0 radical (unpaired) electrons. The van der Waals surface area contributed by atoms with Crippen LogP contribution < -0.4 is 5.32 Å². The molecule has 1 unspecified atom stereocenters. The molecule has 1 heterocycles. The molecule has 1 aromatic carbocycles. The van der Waals surface area contributed by atoms with Gasteiger partial charge in [0.05, 0.1) is 0 Å². The molecule has 1 aromatic heterocycles. The maximum atomic E-state index is 5.32. The van der Waals surface area contributed by atoms with Gasteiger partial charge in [-0.15, -0.1) is 0 Å². The van der Waals surface area contributed by atoms with E-state index in [1.54, 1.807) is 0 Å². The number of rotatable bonds is 6. The minimum atomic E-state index is 0.341. The molecule has 2 aromatic rings. The number of aryl methyl sites for hydroxylation is 1. The molecule has 5 heteroatoms. The first kappa shape index (κ1) is 15.2. The monoisotopic (exact) mass is 337 g/mol. The number of hydrogen-bond donors (Lipinski definition) is 1. The molecule has 20 heavy (non-hydrogen) atoms. The van der Waals surface area contributed by atoms with E-state index in [4.69, 9.17) is 4.52 Å². The normalized spacial score (nSPS) is 12.6. The molecule has 0 fully saturated rings. The van der Waals surface area contributed by atoms with Crippen molar-refractivity contribution < 1.29 is 4.52 Å². The predicted molar refractivity (Wildman–Crippen MR) is 83.6 cm³/mol. The van der Waals surface area contributed by atoms with Gasteiger partial charge >= 0.3 is 0 Å². The van der Waals surface area contributed by atoms with Crippen molar-refractivity contribution in [3.63, 3.8) is 0 Å². The SMILES string of the molecule is CCCNC(C)Cc1nc(-c2ccc(C)c(Br)c2)no1. The first-order valence-electron chi connectivity index (χ1n) is 6.92. The lowest BCUT2D eigenvalue weighted by Crippen LogP contribution is -2.28. The summed E-state index contributed by atoms with van der Waals surface area (Å²) in [5.41, 5.74) is 2.15. The van der Waals surface area contributed by atoms with Crippen LogP contribution in [0.2, 0.25) is 0 Å². The average molecular weight is 338 g/mol. The molecular weight excluding hydrogens is 318 g/mol. The molecule has 108 valence electrons. The highest BCUT2D eigenvalue weighted by atomic mass is 79.9. The van der Waals surface area contributed by atoms with Crippen molar-refractivity contribution in [1.82, 2.24) is 15.5 Å². The summed E-state index contributed by atoms with van der Waals surface area (Å²) in [5.74, 6) is 1.32.